The summed E-state index contributed by atoms with van der Waals surface area (Å²) in [4.78, 5) is 4.42. The van der Waals surface area contributed by atoms with Crippen molar-refractivity contribution < 1.29 is 5.11 Å². The summed E-state index contributed by atoms with van der Waals surface area (Å²) in [6, 6.07) is 5.41. The monoisotopic (exact) mass is 270 g/mol. The van der Waals surface area contributed by atoms with Gasteiger partial charge in [0.05, 0.1) is 22.3 Å². The largest absolute Gasteiger partial charge is 0.395 e. The highest BCUT2D eigenvalue weighted by Crippen LogP contribution is 2.27. The number of imidazole rings is 1. The quantitative estimate of drug-likeness (QED) is 0.931. The number of rotatable bonds is 3. The fraction of sp³-hybridized carbons (Fsp3) is 0.250. The molecule has 0 atom stereocenters. The summed E-state index contributed by atoms with van der Waals surface area (Å²) < 4.78 is 1.90. The minimum Gasteiger partial charge on any atom is -0.395 e. The van der Waals surface area contributed by atoms with E-state index >= 15 is 0 Å². The molecule has 0 saturated carbocycles. The molecule has 0 aliphatic rings. The molecule has 2 rings (SSSR count). The molecule has 0 amide bonds. The highest BCUT2D eigenvalue weighted by Gasteiger charge is 2.07. The predicted molar refractivity (Wildman–Crippen MR) is 69.5 cm³/mol. The summed E-state index contributed by atoms with van der Waals surface area (Å²) in [6.45, 7) is 2.54. The average molecular weight is 271 g/mol. The lowest BCUT2D eigenvalue weighted by molar-refractivity contribution is 0.275. The van der Waals surface area contributed by atoms with Crippen LogP contribution in [-0.2, 0) is 6.54 Å². The van der Waals surface area contributed by atoms with Gasteiger partial charge in [-0.15, -0.1) is 0 Å². The number of hydrogen-bond donors (Lipinski definition) is 1. The van der Waals surface area contributed by atoms with Crippen molar-refractivity contribution in [1.29, 1.82) is 0 Å². The summed E-state index contributed by atoms with van der Waals surface area (Å²) in [5.41, 5.74) is 1.74. The van der Waals surface area contributed by atoms with E-state index < -0.39 is 0 Å². The molecule has 1 aromatic carbocycles. The van der Waals surface area contributed by atoms with Crippen molar-refractivity contribution in [2.24, 2.45) is 0 Å². The summed E-state index contributed by atoms with van der Waals surface area (Å²) in [7, 11) is 0. The van der Waals surface area contributed by atoms with Crippen LogP contribution in [0.4, 0.5) is 0 Å². The number of aliphatic hydroxyl groups excluding tert-OH is 1. The van der Waals surface area contributed by atoms with Crippen molar-refractivity contribution in [3.63, 3.8) is 0 Å². The van der Waals surface area contributed by atoms with Gasteiger partial charge < -0.3 is 9.67 Å². The van der Waals surface area contributed by atoms with Crippen molar-refractivity contribution in [2.75, 3.05) is 6.61 Å². The Balaban J connectivity index is 2.39. The van der Waals surface area contributed by atoms with E-state index in [2.05, 4.69) is 4.98 Å². The Bertz CT molecular complexity index is 537. The Morgan fingerprint density at radius 2 is 2.06 bits per heavy atom. The van der Waals surface area contributed by atoms with Crippen LogP contribution < -0.4 is 0 Å². The van der Waals surface area contributed by atoms with Crippen LogP contribution in [0.15, 0.2) is 24.4 Å². The zero-order valence-electron chi connectivity index (χ0n) is 9.32. The van der Waals surface area contributed by atoms with E-state index in [-0.39, 0.29) is 6.61 Å². The lowest BCUT2D eigenvalue weighted by Gasteiger charge is -2.00. The van der Waals surface area contributed by atoms with Crippen LogP contribution in [0.25, 0.3) is 11.3 Å². The first kappa shape index (κ1) is 12.4. The van der Waals surface area contributed by atoms with E-state index in [9.17, 15) is 0 Å². The maximum atomic E-state index is 8.92. The molecule has 17 heavy (non-hydrogen) atoms. The van der Waals surface area contributed by atoms with Crippen molar-refractivity contribution in [2.45, 2.75) is 13.5 Å². The lowest BCUT2D eigenvalue weighted by Crippen LogP contribution is -2.02. The fourth-order valence-electron chi connectivity index (χ4n) is 1.64. The molecule has 5 heteroatoms. The number of aromatic nitrogens is 2. The van der Waals surface area contributed by atoms with Gasteiger partial charge in [-0.1, -0.05) is 29.3 Å². The van der Waals surface area contributed by atoms with Crippen LogP contribution in [0.1, 0.15) is 5.82 Å². The Labute approximate surface area is 110 Å². The summed E-state index contributed by atoms with van der Waals surface area (Å²) in [6.07, 6.45) is 1.89. The minimum absolute atomic E-state index is 0.0953. The number of nitrogens with zero attached hydrogens (tertiary/aromatic N) is 2. The second-order valence-electron chi connectivity index (χ2n) is 3.72. The summed E-state index contributed by atoms with van der Waals surface area (Å²) in [5, 5.41) is 9.96. The second kappa shape index (κ2) is 5.08. The SMILES string of the molecule is Cc1nc(-c2ccc(Cl)c(Cl)c2)cn1CCO. The molecule has 0 saturated heterocycles. The Hall–Kier alpha value is -1.03. The maximum absolute atomic E-state index is 8.92. The van der Waals surface area contributed by atoms with Crippen LogP contribution in [-0.4, -0.2) is 21.3 Å². The molecule has 1 N–H and O–H groups in total. The van der Waals surface area contributed by atoms with Crippen LogP contribution in [0.3, 0.4) is 0 Å². The Morgan fingerprint density at radius 1 is 1.29 bits per heavy atom. The van der Waals surface area contributed by atoms with Crippen molar-refractivity contribution in [3.05, 3.63) is 40.3 Å². The van der Waals surface area contributed by atoms with Crippen LogP contribution in [0, 0.1) is 6.92 Å². The van der Waals surface area contributed by atoms with Crippen molar-refractivity contribution in [3.8, 4) is 11.3 Å². The number of hydrogen-bond acceptors (Lipinski definition) is 2. The molecular weight excluding hydrogens is 259 g/mol. The van der Waals surface area contributed by atoms with Gasteiger partial charge in [0.2, 0.25) is 0 Å². The number of benzene rings is 1. The molecule has 0 radical (unpaired) electrons. The Morgan fingerprint density at radius 3 is 2.71 bits per heavy atom. The first-order valence-electron chi connectivity index (χ1n) is 5.22. The zero-order chi connectivity index (χ0) is 12.4. The van der Waals surface area contributed by atoms with E-state index in [0.29, 0.717) is 16.6 Å². The summed E-state index contributed by atoms with van der Waals surface area (Å²) in [5.74, 6) is 0.861. The normalized spacial score (nSPS) is 10.8. The smallest absolute Gasteiger partial charge is 0.106 e. The summed E-state index contributed by atoms with van der Waals surface area (Å²) >= 11 is 11.8. The number of aryl methyl sites for hydroxylation is 1. The van der Waals surface area contributed by atoms with E-state index in [1.165, 1.54) is 0 Å². The van der Waals surface area contributed by atoms with Gasteiger partial charge in [0.25, 0.3) is 0 Å². The van der Waals surface area contributed by atoms with E-state index in [0.717, 1.165) is 17.1 Å². The van der Waals surface area contributed by atoms with Gasteiger partial charge in [0.15, 0.2) is 0 Å². The molecule has 0 aliphatic heterocycles. The topological polar surface area (TPSA) is 38.0 Å². The molecule has 0 bridgehead atoms. The third kappa shape index (κ3) is 2.63. The van der Waals surface area contributed by atoms with Gasteiger partial charge in [-0.2, -0.15) is 0 Å². The van der Waals surface area contributed by atoms with Crippen molar-refractivity contribution in [1.82, 2.24) is 9.55 Å². The van der Waals surface area contributed by atoms with Crippen molar-refractivity contribution >= 4 is 23.2 Å². The molecule has 0 fully saturated rings. The molecule has 0 unspecified atom stereocenters. The first-order chi connectivity index (χ1) is 8.11. The van der Waals surface area contributed by atoms with Gasteiger partial charge >= 0.3 is 0 Å². The van der Waals surface area contributed by atoms with E-state index in [1.807, 2.05) is 23.8 Å². The predicted octanol–water partition coefficient (Wildman–Crippen LogP) is 3.16. The van der Waals surface area contributed by atoms with Gasteiger partial charge in [-0.25, -0.2) is 4.98 Å². The van der Waals surface area contributed by atoms with E-state index in [4.69, 9.17) is 28.3 Å². The third-order valence-electron chi connectivity index (χ3n) is 2.53. The Kier molecular flexibility index (Phi) is 3.72. The molecule has 0 spiro atoms. The lowest BCUT2D eigenvalue weighted by atomic mass is 10.2. The van der Waals surface area contributed by atoms with Crippen LogP contribution >= 0.6 is 23.2 Å². The number of halogens is 2. The molecule has 90 valence electrons. The second-order valence-corrected chi connectivity index (χ2v) is 4.53. The zero-order valence-corrected chi connectivity index (χ0v) is 10.8. The standard InChI is InChI=1S/C12H12Cl2N2O/c1-8-15-12(7-16(8)4-5-17)9-2-3-10(13)11(14)6-9/h2-3,6-7,17H,4-5H2,1H3. The minimum atomic E-state index is 0.0953. The van der Waals surface area contributed by atoms with Gasteiger partial charge in [0, 0.05) is 18.3 Å². The first-order valence-corrected chi connectivity index (χ1v) is 5.97. The fourth-order valence-corrected chi connectivity index (χ4v) is 1.94. The van der Waals surface area contributed by atoms with Crippen LogP contribution in [0.5, 0.6) is 0 Å². The maximum Gasteiger partial charge on any atom is 0.106 e. The average Bonchev–Trinajstić information content (AvgIpc) is 2.65. The molecule has 1 aromatic heterocycles. The van der Waals surface area contributed by atoms with E-state index in [1.54, 1.807) is 12.1 Å². The third-order valence-corrected chi connectivity index (χ3v) is 3.27. The van der Waals surface area contributed by atoms with Gasteiger partial charge in [0.1, 0.15) is 5.82 Å². The molecule has 3 nitrogen and oxygen atoms in total. The molecule has 1 heterocycles. The van der Waals surface area contributed by atoms with Gasteiger partial charge in [-0.3, -0.25) is 0 Å². The highest BCUT2D eigenvalue weighted by molar-refractivity contribution is 6.42. The van der Waals surface area contributed by atoms with Gasteiger partial charge in [-0.05, 0) is 19.1 Å². The molecule has 0 aliphatic carbocycles. The van der Waals surface area contributed by atoms with Crippen LogP contribution in [0.2, 0.25) is 10.0 Å². The molecule has 2 aromatic rings. The molecular formula is C12H12Cl2N2O. The number of aliphatic hydroxyl groups is 1. The highest BCUT2D eigenvalue weighted by atomic mass is 35.5.